The molecule has 0 saturated heterocycles. The molecule has 5 heteroatoms. The number of nitrogens with two attached hydrogens (primary N) is 1. The molecule has 0 saturated carbocycles. The normalized spacial score (nSPS) is 30.2. The fourth-order valence-electron chi connectivity index (χ4n) is 2.19. The van der Waals surface area contributed by atoms with Gasteiger partial charge in [-0.1, -0.05) is 30.3 Å². The number of aliphatic imine (C=N–C) groups is 2. The van der Waals surface area contributed by atoms with E-state index in [-0.39, 0.29) is 18.4 Å². The monoisotopic (exact) mass is 229 g/mol. The van der Waals surface area contributed by atoms with E-state index < -0.39 is 0 Å². The lowest BCUT2D eigenvalue weighted by atomic mass is 10.1. The fourth-order valence-corrected chi connectivity index (χ4v) is 2.19. The van der Waals surface area contributed by atoms with Gasteiger partial charge in [0, 0.05) is 6.54 Å². The number of benzene rings is 1. The van der Waals surface area contributed by atoms with Crippen LogP contribution in [-0.4, -0.2) is 36.0 Å². The van der Waals surface area contributed by atoms with Crippen LogP contribution in [0.3, 0.4) is 0 Å². The second kappa shape index (κ2) is 4.18. The Kier molecular flexibility index (Phi) is 2.53. The number of nitrogens with one attached hydrogen (secondary N) is 1. The summed E-state index contributed by atoms with van der Waals surface area (Å²) in [6.07, 6.45) is 3.42. The topological polar surface area (TPSA) is 66.0 Å². The molecule has 3 rings (SSSR count). The van der Waals surface area contributed by atoms with Gasteiger partial charge in [-0.05, 0) is 5.56 Å². The molecule has 3 unspecified atom stereocenters. The van der Waals surface area contributed by atoms with Crippen molar-refractivity contribution in [3.63, 3.8) is 0 Å². The summed E-state index contributed by atoms with van der Waals surface area (Å²) in [5.41, 5.74) is 7.18. The SMILES string of the molecule is NC1NC=NC2C1N=CN2Cc1ccccc1. The highest BCUT2D eigenvalue weighted by Gasteiger charge is 2.36. The van der Waals surface area contributed by atoms with Crippen molar-refractivity contribution < 1.29 is 0 Å². The largest absolute Gasteiger partial charge is 0.359 e. The molecule has 2 aliphatic rings. The third-order valence-corrected chi connectivity index (χ3v) is 3.10. The molecular weight excluding hydrogens is 214 g/mol. The maximum atomic E-state index is 5.93. The summed E-state index contributed by atoms with van der Waals surface area (Å²) in [5, 5.41) is 2.98. The molecule has 3 N–H and O–H groups in total. The first-order chi connectivity index (χ1) is 8.34. The van der Waals surface area contributed by atoms with Crippen LogP contribution in [0.15, 0.2) is 40.3 Å². The number of rotatable bonds is 2. The highest BCUT2D eigenvalue weighted by atomic mass is 15.4. The molecule has 2 heterocycles. The van der Waals surface area contributed by atoms with Crippen LogP contribution in [0, 0.1) is 0 Å². The van der Waals surface area contributed by atoms with Crippen molar-refractivity contribution in [1.82, 2.24) is 10.2 Å². The molecule has 1 aromatic carbocycles. The third kappa shape index (κ3) is 1.89. The minimum Gasteiger partial charge on any atom is -0.359 e. The van der Waals surface area contributed by atoms with E-state index >= 15 is 0 Å². The standard InChI is InChI=1S/C12H15N5/c13-11-10-12(15-7-14-11)17(8-16-10)6-9-4-2-1-3-5-9/h1-5,7-8,10-12H,6,13H2,(H,14,15). The van der Waals surface area contributed by atoms with Gasteiger partial charge in [0.15, 0.2) is 0 Å². The van der Waals surface area contributed by atoms with E-state index in [0.29, 0.717) is 0 Å². The Bertz CT molecular complexity index is 441. The van der Waals surface area contributed by atoms with Crippen molar-refractivity contribution in [1.29, 1.82) is 0 Å². The van der Waals surface area contributed by atoms with Crippen LogP contribution in [-0.2, 0) is 6.54 Å². The average Bonchev–Trinajstić information content (AvgIpc) is 2.76. The highest BCUT2D eigenvalue weighted by molar-refractivity contribution is 5.64. The zero-order valence-corrected chi connectivity index (χ0v) is 9.40. The zero-order valence-electron chi connectivity index (χ0n) is 9.40. The fraction of sp³-hybridized carbons (Fsp3) is 0.333. The van der Waals surface area contributed by atoms with Gasteiger partial charge in [-0.25, -0.2) is 4.99 Å². The van der Waals surface area contributed by atoms with E-state index in [1.54, 1.807) is 6.34 Å². The number of hydrogen-bond donors (Lipinski definition) is 2. The van der Waals surface area contributed by atoms with Crippen molar-refractivity contribution >= 4 is 12.7 Å². The van der Waals surface area contributed by atoms with Crippen LogP contribution in [0.5, 0.6) is 0 Å². The van der Waals surface area contributed by atoms with Gasteiger partial charge in [-0.15, -0.1) is 0 Å². The van der Waals surface area contributed by atoms with Crippen molar-refractivity contribution in [2.24, 2.45) is 15.7 Å². The Morgan fingerprint density at radius 2 is 2.06 bits per heavy atom. The Balaban J connectivity index is 1.76. The second-order valence-electron chi connectivity index (χ2n) is 4.30. The Labute approximate surface area is 100 Å². The molecule has 17 heavy (non-hydrogen) atoms. The molecule has 0 aliphatic carbocycles. The van der Waals surface area contributed by atoms with E-state index in [4.69, 9.17) is 5.73 Å². The summed E-state index contributed by atoms with van der Waals surface area (Å²) >= 11 is 0. The van der Waals surface area contributed by atoms with Gasteiger partial charge in [-0.3, -0.25) is 4.99 Å². The summed E-state index contributed by atoms with van der Waals surface area (Å²) < 4.78 is 0. The van der Waals surface area contributed by atoms with Crippen molar-refractivity contribution in [3.05, 3.63) is 35.9 Å². The number of nitrogens with zero attached hydrogens (tertiary/aromatic N) is 3. The average molecular weight is 229 g/mol. The molecule has 0 aromatic heterocycles. The van der Waals surface area contributed by atoms with E-state index in [1.165, 1.54) is 5.56 Å². The summed E-state index contributed by atoms with van der Waals surface area (Å²) in [7, 11) is 0. The van der Waals surface area contributed by atoms with Crippen molar-refractivity contribution in [2.45, 2.75) is 24.9 Å². The van der Waals surface area contributed by atoms with Crippen LogP contribution >= 0.6 is 0 Å². The Morgan fingerprint density at radius 1 is 1.24 bits per heavy atom. The second-order valence-corrected chi connectivity index (χ2v) is 4.30. The van der Waals surface area contributed by atoms with Gasteiger partial charge in [0.05, 0.1) is 12.7 Å². The molecule has 3 atom stereocenters. The van der Waals surface area contributed by atoms with Gasteiger partial charge >= 0.3 is 0 Å². The molecule has 0 spiro atoms. The summed E-state index contributed by atoms with van der Waals surface area (Å²) in [6.45, 7) is 0.815. The van der Waals surface area contributed by atoms with E-state index in [0.717, 1.165) is 6.54 Å². The predicted molar refractivity (Wildman–Crippen MR) is 67.7 cm³/mol. The van der Waals surface area contributed by atoms with Gasteiger partial charge < -0.3 is 16.0 Å². The first-order valence-electron chi connectivity index (χ1n) is 5.71. The van der Waals surface area contributed by atoms with E-state index in [9.17, 15) is 0 Å². The minimum atomic E-state index is -0.144. The van der Waals surface area contributed by atoms with E-state index in [2.05, 4.69) is 32.3 Å². The van der Waals surface area contributed by atoms with Gasteiger partial charge in [-0.2, -0.15) is 0 Å². The molecule has 5 nitrogen and oxygen atoms in total. The first-order valence-corrected chi connectivity index (χ1v) is 5.71. The lowest BCUT2D eigenvalue weighted by Crippen LogP contribution is -2.55. The van der Waals surface area contributed by atoms with Crippen LogP contribution < -0.4 is 11.1 Å². The van der Waals surface area contributed by atoms with E-state index in [1.807, 2.05) is 24.5 Å². The summed E-state index contributed by atoms with van der Waals surface area (Å²) in [4.78, 5) is 10.9. The zero-order chi connectivity index (χ0) is 11.7. The quantitative estimate of drug-likeness (QED) is 0.758. The Morgan fingerprint density at radius 3 is 2.88 bits per heavy atom. The third-order valence-electron chi connectivity index (χ3n) is 3.10. The van der Waals surface area contributed by atoms with Crippen LogP contribution in [0.25, 0.3) is 0 Å². The van der Waals surface area contributed by atoms with Gasteiger partial charge in [0.25, 0.3) is 0 Å². The first kappa shape index (κ1) is 10.3. The lowest BCUT2D eigenvalue weighted by molar-refractivity contribution is 0.274. The Hall–Kier alpha value is -1.88. The van der Waals surface area contributed by atoms with Crippen molar-refractivity contribution in [2.75, 3.05) is 0 Å². The minimum absolute atomic E-state index is 0.0173. The van der Waals surface area contributed by atoms with Crippen LogP contribution in [0.4, 0.5) is 0 Å². The summed E-state index contributed by atoms with van der Waals surface area (Å²) in [6, 6.07) is 10.3. The van der Waals surface area contributed by atoms with Crippen LogP contribution in [0.2, 0.25) is 0 Å². The molecule has 0 fully saturated rings. The molecule has 2 aliphatic heterocycles. The summed E-state index contributed by atoms with van der Waals surface area (Å²) in [5.74, 6) is 0. The molecule has 0 amide bonds. The van der Waals surface area contributed by atoms with Gasteiger partial charge in [0.1, 0.15) is 18.4 Å². The maximum Gasteiger partial charge on any atom is 0.149 e. The molecule has 0 radical (unpaired) electrons. The van der Waals surface area contributed by atoms with Crippen LogP contribution in [0.1, 0.15) is 5.56 Å². The maximum absolute atomic E-state index is 5.93. The lowest BCUT2D eigenvalue weighted by Gasteiger charge is -2.30. The van der Waals surface area contributed by atoms with Crippen molar-refractivity contribution in [3.8, 4) is 0 Å². The number of fused-ring (bicyclic) bond motifs is 1. The van der Waals surface area contributed by atoms with Gasteiger partial charge in [0.2, 0.25) is 0 Å². The molecule has 1 aromatic rings. The predicted octanol–water partition coefficient (Wildman–Crippen LogP) is 0.142. The highest BCUT2D eigenvalue weighted by Crippen LogP contribution is 2.20. The molecule has 0 bridgehead atoms. The smallest absolute Gasteiger partial charge is 0.149 e. The molecular formula is C12H15N5. The molecule has 88 valence electrons. The number of hydrogen-bond acceptors (Lipinski definition) is 5.